The minimum atomic E-state index is -0.175. The van der Waals surface area contributed by atoms with Crippen LogP contribution in [0, 0.1) is 0 Å². The molecular weight excluding hydrogens is 268 g/mol. The average molecular weight is 273 g/mol. The highest BCUT2D eigenvalue weighted by Crippen LogP contribution is 2.16. The van der Waals surface area contributed by atoms with Crippen molar-refractivity contribution in [1.82, 2.24) is 20.0 Å². The predicted octanol–water partition coefficient (Wildman–Crippen LogP) is 1.27. The third kappa shape index (κ3) is 1.48. The summed E-state index contributed by atoms with van der Waals surface area (Å²) in [5, 5.41) is 9.15. The molecule has 0 bridgehead atoms. The number of aromatic nitrogens is 4. The number of nitrogens with zero attached hydrogens (tertiary/aromatic N) is 4. The number of hydrogen-bond donors (Lipinski definition) is 0. The van der Waals surface area contributed by atoms with Crippen molar-refractivity contribution in [1.29, 1.82) is 0 Å². The summed E-state index contributed by atoms with van der Waals surface area (Å²) in [5.41, 5.74) is 2.45. The number of thiazole rings is 1. The Morgan fingerprint density at radius 3 is 2.93 bits per heavy atom. The van der Waals surface area contributed by atoms with Gasteiger partial charge in [0.05, 0.1) is 5.51 Å². The van der Waals surface area contributed by atoms with Gasteiger partial charge in [0.25, 0.3) is 0 Å². The molecule has 0 saturated carbocycles. The fourth-order valence-corrected chi connectivity index (χ4v) is 2.06. The molecular formula is C7H5BrN4OS. The SMILES string of the molecule is Cn1nnc(Br)c1C(=O)c1cscn1. The van der Waals surface area contributed by atoms with Crippen LogP contribution in [0.4, 0.5) is 0 Å². The van der Waals surface area contributed by atoms with Crippen LogP contribution < -0.4 is 0 Å². The maximum atomic E-state index is 11.8. The summed E-state index contributed by atoms with van der Waals surface area (Å²) in [7, 11) is 1.66. The lowest BCUT2D eigenvalue weighted by Gasteiger charge is -1.96. The van der Waals surface area contributed by atoms with Crippen LogP contribution >= 0.6 is 27.3 Å². The first-order valence-corrected chi connectivity index (χ1v) is 5.42. The first kappa shape index (κ1) is 9.47. The lowest BCUT2D eigenvalue weighted by molar-refractivity contribution is 0.102. The van der Waals surface area contributed by atoms with E-state index in [0.717, 1.165) is 0 Å². The normalized spacial score (nSPS) is 10.4. The number of carbonyl (C=O) groups is 1. The van der Waals surface area contributed by atoms with Gasteiger partial charge < -0.3 is 0 Å². The second-order valence-corrected chi connectivity index (χ2v) is 4.03. The fourth-order valence-electron chi connectivity index (χ4n) is 1.02. The predicted molar refractivity (Wildman–Crippen MR) is 54.2 cm³/mol. The number of halogens is 1. The summed E-state index contributed by atoms with van der Waals surface area (Å²) in [6.45, 7) is 0. The summed E-state index contributed by atoms with van der Waals surface area (Å²) < 4.78 is 1.86. The number of hydrogen-bond acceptors (Lipinski definition) is 5. The van der Waals surface area contributed by atoms with Crippen LogP contribution in [-0.2, 0) is 7.05 Å². The molecule has 0 aromatic carbocycles. The molecule has 0 fully saturated rings. The second kappa shape index (κ2) is 3.58. The first-order chi connectivity index (χ1) is 6.70. The smallest absolute Gasteiger partial charge is 0.233 e. The van der Waals surface area contributed by atoms with Gasteiger partial charge >= 0.3 is 0 Å². The first-order valence-electron chi connectivity index (χ1n) is 3.68. The van der Waals surface area contributed by atoms with Crippen LogP contribution in [0.1, 0.15) is 16.2 Å². The molecule has 2 aromatic rings. The highest BCUT2D eigenvalue weighted by molar-refractivity contribution is 9.10. The molecule has 5 nitrogen and oxygen atoms in total. The molecule has 0 N–H and O–H groups in total. The van der Waals surface area contributed by atoms with Gasteiger partial charge in [0.2, 0.25) is 5.78 Å². The Kier molecular flexibility index (Phi) is 2.42. The molecule has 0 spiro atoms. The van der Waals surface area contributed by atoms with Crippen LogP contribution in [0.5, 0.6) is 0 Å². The van der Waals surface area contributed by atoms with Crippen molar-refractivity contribution in [3.8, 4) is 0 Å². The van der Waals surface area contributed by atoms with E-state index in [-0.39, 0.29) is 5.78 Å². The summed E-state index contributed by atoms with van der Waals surface area (Å²) in [4.78, 5) is 15.8. The van der Waals surface area contributed by atoms with E-state index in [1.165, 1.54) is 16.0 Å². The van der Waals surface area contributed by atoms with Gasteiger partial charge in [-0.3, -0.25) is 4.79 Å². The molecule has 2 aromatic heterocycles. The quantitative estimate of drug-likeness (QED) is 0.773. The third-order valence-electron chi connectivity index (χ3n) is 1.67. The van der Waals surface area contributed by atoms with E-state index in [9.17, 15) is 4.79 Å². The van der Waals surface area contributed by atoms with Gasteiger partial charge in [-0.05, 0) is 15.9 Å². The summed E-state index contributed by atoms with van der Waals surface area (Å²) >= 11 is 4.54. The van der Waals surface area contributed by atoms with Gasteiger partial charge in [-0.25, -0.2) is 9.67 Å². The monoisotopic (exact) mass is 272 g/mol. The van der Waals surface area contributed by atoms with Crippen molar-refractivity contribution in [2.75, 3.05) is 0 Å². The zero-order chi connectivity index (χ0) is 10.1. The molecule has 0 unspecified atom stereocenters. The van der Waals surface area contributed by atoms with Crippen LogP contribution in [0.2, 0.25) is 0 Å². The molecule has 0 aliphatic heterocycles. The number of carbonyl (C=O) groups excluding carboxylic acids is 1. The van der Waals surface area contributed by atoms with Gasteiger partial charge in [-0.1, -0.05) is 5.21 Å². The van der Waals surface area contributed by atoms with Crippen LogP contribution in [0.15, 0.2) is 15.5 Å². The van der Waals surface area contributed by atoms with Gasteiger partial charge in [-0.15, -0.1) is 16.4 Å². The zero-order valence-corrected chi connectivity index (χ0v) is 9.54. The van der Waals surface area contributed by atoms with E-state index in [2.05, 4.69) is 31.2 Å². The molecule has 0 saturated heterocycles. The summed E-state index contributed by atoms with van der Waals surface area (Å²) in [6, 6.07) is 0. The Morgan fingerprint density at radius 1 is 1.64 bits per heavy atom. The summed E-state index contributed by atoms with van der Waals surface area (Å²) in [6.07, 6.45) is 0. The number of rotatable bonds is 2. The van der Waals surface area contributed by atoms with E-state index < -0.39 is 0 Å². The Bertz CT molecular complexity index is 444. The molecule has 0 aliphatic carbocycles. The zero-order valence-electron chi connectivity index (χ0n) is 7.14. The van der Waals surface area contributed by atoms with E-state index in [4.69, 9.17) is 0 Å². The van der Waals surface area contributed by atoms with Crippen molar-refractivity contribution in [2.24, 2.45) is 7.05 Å². The third-order valence-corrected chi connectivity index (χ3v) is 2.79. The molecule has 72 valence electrons. The Labute approximate surface area is 91.9 Å². The molecule has 0 radical (unpaired) electrons. The maximum absolute atomic E-state index is 11.8. The largest absolute Gasteiger partial charge is 0.285 e. The van der Waals surface area contributed by atoms with E-state index in [0.29, 0.717) is 16.0 Å². The van der Waals surface area contributed by atoms with Crippen LogP contribution in [0.3, 0.4) is 0 Å². The van der Waals surface area contributed by atoms with Crippen molar-refractivity contribution in [3.05, 3.63) is 26.9 Å². The average Bonchev–Trinajstić information content (AvgIpc) is 2.75. The van der Waals surface area contributed by atoms with Crippen LogP contribution in [-0.4, -0.2) is 25.8 Å². The Hall–Kier alpha value is -1.08. The highest BCUT2D eigenvalue weighted by Gasteiger charge is 2.19. The molecule has 0 aliphatic rings. The van der Waals surface area contributed by atoms with Crippen molar-refractivity contribution in [3.63, 3.8) is 0 Å². The van der Waals surface area contributed by atoms with Gasteiger partial charge in [0.15, 0.2) is 4.60 Å². The van der Waals surface area contributed by atoms with Crippen molar-refractivity contribution in [2.45, 2.75) is 0 Å². The lowest BCUT2D eigenvalue weighted by Crippen LogP contribution is -2.09. The molecule has 0 atom stereocenters. The summed E-state index contributed by atoms with van der Waals surface area (Å²) in [5.74, 6) is -0.175. The minimum absolute atomic E-state index is 0.175. The van der Waals surface area contributed by atoms with Gasteiger partial charge in [0, 0.05) is 12.4 Å². The molecule has 7 heteroatoms. The van der Waals surface area contributed by atoms with E-state index in [1.807, 2.05) is 0 Å². The minimum Gasteiger partial charge on any atom is -0.285 e. The number of ketones is 1. The van der Waals surface area contributed by atoms with Gasteiger partial charge in [-0.2, -0.15) is 0 Å². The molecule has 2 heterocycles. The standard InChI is InChI=1S/C7H5BrN4OS/c1-12-5(7(8)10-11-12)6(13)4-2-14-3-9-4/h2-3H,1H3. The van der Waals surface area contributed by atoms with Crippen LogP contribution in [0.25, 0.3) is 0 Å². The lowest BCUT2D eigenvalue weighted by atomic mass is 10.2. The van der Waals surface area contributed by atoms with E-state index in [1.54, 1.807) is 17.9 Å². The molecule has 0 amide bonds. The molecule has 2 rings (SSSR count). The van der Waals surface area contributed by atoms with Gasteiger partial charge in [0.1, 0.15) is 11.4 Å². The molecule has 14 heavy (non-hydrogen) atoms. The van der Waals surface area contributed by atoms with E-state index >= 15 is 0 Å². The maximum Gasteiger partial charge on any atom is 0.233 e. The van der Waals surface area contributed by atoms with Crippen molar-refractivity contribution >= 4 is 33.0 Å². The van der Waals surface area contributed by atoms with Crippen molar-refractivity contribution < 1.29 is 4.79 Å². The fraction of sp³-hybridized carbons (Fsp3) is 0.143. The topological polar surface area (TPSA) is 60.7 Å². The Balaban J connectivity index is 2.46. The second-order valence-electron chi connectivity index (χ2n) is 2.56. The number of aryl methyl sites for hydroxylation is 1. The highest BCUT2D eigenvalue weighted by atomic mass is 79.9. The Morgan fingerprint density at radius 2 is 2.43 bits per heavy atom.